The Hall–Kier alpha value is -6.90. The molecule has 11 rings (SSSR count). The third-order valence-corrected chi connectivity index (χ3v) is 11.4. The minimum atomic E-state index is 0. The minimum absolute atomic E-state index is 0. The molecule has 3 N–H and O–H groups in total. The molecule has 4 aliphatic rings. The highest BCUT2D eigenvalue weighted by Gasteiger charge is 2.23. The fourth-order valence-corrected chi connectivity index (χ4v) is 8.15. The first-order chi connectivity index (χ1) is 31.5. The van der Waals surface area contributed by atoms with Gasteiger partial charge in [0.1, 0.15) is 18.5 Å². The monoisotopic (exact) mass is 888 g/mol. The maximum atomic E-state index is 4.62. The zero-order chi connectivity index (χ0) is 45.9. The van der Waals surface area contributed by atoms with E-state index in [4.69, 9.17) is 0 Å². The highest BCUT2D eigenvalue weighted by Crippen LogP contribution is 2.32. The summed E-state index contributed by atoms with van der Waals surface area (Å²) < 4.78 is 0. The van der Waals surface area contributed by atoms with E-state index >= 15 is 0 Å². The van der Waals surface area contributed by atoms with Crippen molar-refractivity contribution in [3.05, 3.63) is 125 Å². The zero-order valence-corrected chi connectivity index (χ0v) is 39.1. The average Bonchev–Trinajstić information content (AvgIpc) is 4.17. The van der Waals surface area contributed by atoms with E-state index in [1.165, 1.54) is 54.6 Å². The van der Waals surface area contributed by atoms with Crippen molar-refractivity contribution in [1.82, 2.24) is 55.3 Å². The second kappa shape index (κ2) is 22.8. The molecule has 6 aromatic heterocycles. The van der Waals surface area contributed by atoms with E-state index in [0.717, 1.165) is 64.2 Å². The van der Waals surface area contributed by atoms with E-state index in [2.05, 4.69) is 131 Å². The van der Waals surface area contributed by atoms with Crippen molar-refractivity contribution in [3.63, 3.8) is 0 Å². The lowest BCUT2D eigenvalue weighted by Crippen LogP contribution is -2.10. The minimum Gasteiger partial charge on any atom is -0.307 e. The summed E-state index contributed by atoms with van der Waals surface area (Å²) in [7, 11) is 0. The van der Waals surface area contributed by atoms with Gasteiger partial charge in [0, 0.05) is 69.5 Å². The zero-order valence-electron chi connectivity index (χ0n) is 39.1. The first kappa shape index (κ1) is 48.6. The maximum Gasteiger partial charge on any atom is 0.231 e. The molecule has 0 radical (unpaired) electrons. The van der Waals surface area contributed by atoms with Gasteiger partial charge in [0.2, 0.25) is 5.95 Å². The van der Waals surface area contributed by atoms with Gasteiger partial charge in [0.05, 0.1) is 30.8 Å². The molecule has 66 heavy (non-hydrogen) atoms. The van der Waals surface area contributed by atoms with Crippen molar-refractivity contribution in [2.24, 2.45) is 32.7 Å². The Morgan fingerprint density at radius 3 is 2.09 bits per heavy atom. The van der Waals surface area contributed by atoms with E-state index in [9.17, 15) is 0 Å². The molecule has 0 saturated carbocycles. The Balaban J connectivity index is 0.000000137. The largest absolute Gasteiger partial charge is 0.307 e. The van der Waals surface area contributed by atoms with Crippen LogP contribution in [-0.4, -0.2) is 79.0 Å². The number of H-pyrrole nitrogens is 2. The standard InChI is InChI=1S/C11H10N6.C11H17N.C10H12N2.2C9H11N3.CH4/c1-7-12-6-13-11(14-7)15-10-8-4-2-3-5-9(8)16-17-10;1-8(2)11-10-6-4-3-5-9(10)7-12-11;1-7(2)10-9-6-11-4-3-8(9)5-12-10;1-6(2)9-7-3-10-5-12-8(7)4-11-9;1-6(2)8-7-4-3-5-10-9(7)12-11-8;/h2-6H,1H3,(H2,12,13,14,15,16,17);8H,3-7H2,1-2H3;3-4,6-7H,5H2,1-2H3;3,5-6H,4H2,1-2H3;3-6H,1-2H3,(H,10,11,12);1H4. The van der Waals surface area contributed by atoms with Crippen LogP contribution in [0.5, 0.6) is 0 Å². The van der Waals surface area contributed by atoms with E-state index < -0.39 is 0 Å². The van der Waals surface area contributed by atoms with Crippen LogP contribution in [-0.2, 0) is 13.1 Å². The number of hydrogen-bond donors (Lipinski definition) is 3. The third kappa shape index (κ3) is 11.9. The molecule has 7 aromatic rings. The smallest absolute Gasteiger partial charge is 0.231 e. The molecule has 0 saturated heterocycles. The number of aliphatic imine (C=N–C) groups is 3. The maximum absolute atomic E-state index is 4.62. The molecule has 0 amide bonds. The lowest BCUT2D eigenvalue weighted by atomic mass is 9.88. The molecule has 0 fully saturated rings. The predicted octanol–water partition coefficient (Wildman–Crippen LogP) is 11.0. The van der Waals surface area contributed by atoms with Crippen LogP contribution in [0.1, 0.15) is 128 Å². The van der Waals surface area contributed by atoms with Crippen molar-refractivity contribution in [3.8, 4) is 0 Å². The number of pyridine rings is 2. The summed E-state index contributed by atoms with van der Waals surface area (Å²) >= 11 is 0. The Kier molecular flexibility index (Phi) is 16.8. The molecule has 1 aliphatic carbocycles. The van der Waals surface area contributed by atoms with Gasteiger partial charge in [-0.3, -0.25) is 30.2 Å². The number of aromatic nitrogens is 11. The van der Waals surface area contributed by atoms with Crippen LogP contribution in [0.2, 0.25) is 0 Å². The summed E-state index contributed by atoms with van der Waals surface area (Å²) in [4.78, 5) is 42.1. The van der Waals surface area contributed by atoms with Crippen LogP contribution in [0.4, 0.5) is 11.8 Å². The number of rotatable bonds is 6. The number of nitrogens with zero attached hydrogens (tertiary/aromatic N) is 12. The number of nitrogens with one attached hydrogen (secondary N) is 3. The number of benzene rings is 1. The molecule has 344 valence electrons. The molecule has 15 nitrogen and oxygen atoms in total. The molecule has 0 bridgehead atoms. The van der Waals surface area contributed by atoms with Crippen molar-refractivity contribution in [2.45, 2.75) is 114 Å². The number of hydrogen-bond acceptors (Lipinski definition) is 13. The lowest BCUT2D eigenvalue weighted by molar-refractivity contribution is 0.684. The lowest BCUT2D eigenvalue weighted by Gasteiger charge is -2.16. The first-order valence-electron chi connectivity index (χ1n) is 22.7. The van der Waals surface area contributed by atoms with E-state index in [1.807, 2.05) is 68.0 Å². The highest BCUT2D eigenvalue weighted by molar-refractivity contribution is 6.05. The number of fused-ring (bicyclic) bond motifs is 4. The molecule has 0 spiro atoms. The van der Waals surface area contributed by atoms with E-state index in [0.29, 0.717) is 41.3 Å². The number of aryl methyl sites for hydroxylation is 1. The van der Waals surface area contributed by atoms with Crippen LogP contribution in [0.3, 0.4) is 0 Å². The SMILES string of the molecule is C.CC(C)C1=NCC2=C1CCCC2.CC(C)C1=NCc2ccncc21.CC(C)C1=NCc2ncncc21.CC(C)c1[nH]nc2ncccc12.Cc1ncnc(Nc2n[nH]c3ccccc23)n1. The number of para-hydroxylation sites is 1. The molecular formula is C51H65N15. The normalized spacial score (nSPS) is 14.3. The molecule has 0 atom stereocenters. The fourth-order valence-electron chi connectivity index (χ4n) is 8.15. The van der Waals surface area contributed by atoms with Gasteiger partial charge in [-0.1, -0.05) is 74.9 Å². The molecular weight excluding hydrogens is 823 g/mol. The molecule has 3 aliphatic heterocycles. The van der Waals surface area contributed by atoms with Gasteiger partial charge in [-0.25, -0.2) is 24.9 Å². The summed E-state index contributed by atoms with van der Waals surface area (Å²) in [5, 5.41) is 19.4. The molecule has 9 heterocycles. The number of allylic oxidation sites excluding steroid dienone is 1. The Morgan fingerprint density at radius 2 is 1.32 bits per heavy atom. The van der Waals surface area contributed by atoms with Crippen LogP contribution < -0.4 is 5.32 Å². The molecule has 15 heteroatoms. The van der Waals surface area contributed by atoms with Crippen molar-refractivity contribution >= 4 is 50.8 Å². The number of aromatic amines is 2. The quantitative estimate of drug-likeness (QED) is 0.144. The summed E-state index contributed by atoms with van der Waals surface area (Å²) in [6, 6.07) is 13.9. The van der Waals surface area contributed by atoms with Crippen LogP contribution in [0, 0.1) is 24.7 Å². The van der Waals surface area contributed by atoms with E-state index in [1.54, 1.807) is 23.7 Å². The van der Waals surface area contributed by atoms with E-state index in [-0.39, 0.29) is 7.43 Å². The molecule has 1 aromatic carbocycles. The Labute approximate surface area is 388 Å². The van der Waals surface area contributed by atoms with Gasteiger partial charge in [-0.15, -0.1) is 0 Å². The van der Waals surface area contributed by atoms with Crippen molar-refractivity contribution < 1.29 is 0 Å². The summed E-state index contributed by atoms with van der Waals surface area (Å²) in [5.74, 6) is 3.96. The van der Waals surface area contributed by atoms with Crippen LogP contribution in [0.25, 0.3) is 21.9 Å². The van der Waals surface area contributed by atoms with Crippen LogP contribution in [0.15, 0.2) is 106 Å². The number of anilines is 2. The van der Waals surface area contributed by atoms with Crippen molar-refractivity contribution in [2.75, 3.05) is 11.9 Å². The topological polar surface area (TPSA) is 197 Å². The second-order valence-electron chi connectivity index (χ2n) is 17.5. The fraction of sp³-hybridized carbons (Fsp3) is 0.412. The summed E-state index contributed by atoms with van der Waals surface area (Å²) in [6.45, 7) is 21.8. The van der Waals surface area contributed by atoms with Gasteiger partial charge < -0.3 is 5.32 Å². The van der Waals surface area contributed by atoms with Crippen LogP contribution >= 0.6 is 0 Å². The van der Waals surface area contributed by atoms with Gasteiger partial charge in [0.25, 0.3) is 0 Å². The Morgan fingerprint density at radius 1 is 0.606 bits per heavy atom. The highest BCUT2D eigenvalue weighted by atomic mass is 15.2. The van der Waals surface area contributed by atoms with Gasteiger partial charge >= 0.3 is 0 Å². The van der Waals surface area contributed by atoms with Gasteiger partial charge in [0.15, 0.2) is 11.5 Å². The van der Waals surface area contributed by atoms with Gasteiger partial charge in [-0.05, 0) is 103 Å². The predicted molar refractivity (Wildman–Crippen MR) is 268 cm³/mol. The molecule has 0 unspecified atom stereocenters. The average molecular weight is 888 g/mol. The second-order valence-corrected chi connectivity index (χ2v) is 17.5. The third-order valence-electron chi connectivity index (χ3n) is 11.4. The van der Waals surface area contributed by atoms with Crippen molar-refractivity contribution in [1.29, 1.82) is 0 Å². The summed E-state index contributed by atoms with van der Waals surface area (Å²) in [5.41, 5.74) is 14.7. The van der Waals surface area contributed by atoms with Gasteiger partial charge in [-0.2, -0.15) is 15.2 Å². The summed E-state index contributed by atoms with van der Waals surface area (Å²) in [6.07, 6.45) is 15.8. The Bertz CT molecular complexity index is 2760. The first-order valence-corrected chi connectivity index (χ1v) is 22.7.